The zero-order chi connectivity index (χ0) is 14.4. The minimum Gasteiger partial charge on any atom is -0.378 e. The van der Waals surface area contributed by atoms with Gasteiger partial charge in [-0.25, -0.2) is 0 Å². The quantitative estimate of drug-likeness (QED) is 0.698. The Labute approximate surface area is 120 Å². The van der Waals surface area contributed by atoms with Crippen molar-refractivity contribution in [2.75, 3.05) is 19.0 Å². The molecular formula is C17H19N3. The van der Waals surface area contributed by atoms with Gasteiger partial charge in [-0.05, 0) is 48.9 Å². The standard InChI is InChI=1S/C17H19N3/c1-4-5-14-6-8-15(9-7-14)18-19-16-10-12-17(13-11-16)20(2)3/h4-13H,1-3H3. The van der Waals surface area contributed by atoms with Gasteiger partial charge in [0.25, 0.3) is 0 Å². The van der Waals surface area contributed by atoms with Crippen molar-refractivity contribution in [3.63, 3.8) is 0 Å². The zero-order valence-electron chi connectivity index (χ0n) is 12.1. The number of allylic oxidation sites excluding steroid dienone is 1. The first kappa shape index (κ1) is 14.0. The number of hydrogen-bond acceptors (Lipinski definition) is 3. The molecule has 0 amide bonds. The van der Waals surface area contributed by atoms with E-state index in [9.17, 15) is 0 Å². The van der Waals surface area contributed by atoms with Crippen molar-refractivity contribution in [2.24, 2.45) is 10.2 Å². The lowest BCUT2D eigenvalue weighted by Crippen LogP contribution is -2.07. The van der Waals surface area contributed by atoms with Crippen molar-refractivity contribution in [1.82, 2.24) is 0 Å². The highest BCUT2D eigenvalue weighted by Crippen LogP contribution is 2.21. The predicted octanol–water partition coefficient (Wildman–Crippen LogP) is 5.20. The third-order valence-electron chi connectivity index (χ3n) is 2.90. The minimum absolute atomic E-state index is 0.855. The van der Waals surface area contributed by atoms with E-state index in [1.165, 1.54) is 5.56 Å². The molecule has 0 spiro atoms. The fourth-order valence-corrected chi connectivity index (χ4v) is 1.78. The first-order valence-corrected chi connectivity index (χ1v) is 6.61. The van der Waals surface area contributed by atoms with E-state index < -0.39 is 0 Å². The summed E-state index contributed by atoms with van der Waals surface area (Å²) in [5, 5.41) is 8.48. The first-order chi connectivity index (χ1) is 9.69. The summed E-state index contributed by atoms with van der Waals surface area (Å²) < 4.78 is 0. The first-order valence-electron chi connectivity index (χ1n) is 6.61. The zero-order valence-corrected chi connectivity index (χ0v) is 12.1. The van der Waals surface area contributed by atoms with Crippen molar-refractivity contribution < 1.29 is 0 Å². The van der Waals surface area contributed by atoms with Crippen LogP contribution in [0.2, 0.25) is 0 Å². The molecule has 2 rings (SSSR count). The van der Waals surface area contributed by atoms with Gasteiger partial charge in [0.15, 0.2) is 0 Å². The van der Waals surface area contributed by atoms with Crippen LogP contribution in [0.15, 0.2) is 64.8 Å². The van der Waals surface area contributed by atoms with Gasteiger partial charge in [0.05, 0.1) is 11.4 Å². The molecule has 0 fully saturated rings. The van der Waals surface area contributed by atoms with Crippen LogP contribution in [0.1, 0.15) is 12.5 Å². The number of nitrogens with zero attached hydrogens (tertiary/aromatic N) is 3. The number of rotatable bonds is 4. The van der Waals surface area contributed by atoms with E-state index in [2.05, 4.69) is 21.2 Å². The Morgan fingerprint density at radius 2 is 1.30 bits per heavy atom. The topological polar surface area (TPSA) is 28.0 Å². The summed E-state index contributed by atoms with van der Waals surface area (Å²) in [6.45, 7) is 2.00. The molecule has 0 bridgehead atoms. The van der Waals surface area contributed by atoms with Gasteiger partial charge in [-0.3, -0.25) is 0 Å². The molecule has 2 aromatic rings. The molecule has 0 heterocycles. The van der Waals surface area contributed by atoms with Gasteiger partial charge in [0.1, 0.15) is 0 Å². The Kier molecular flexibility index (Phi) is 4.66. The maximum atomic E-state index is 4.24. The number of benzene rings is 2. The van der Waals surface area contributed by atoms with E-state index in [0.717, 1.165) is 17.1 Å². The summed E-state index contributed by atoms with van der Waals surface area (Å²) in [5.74, 6) is 0. The van der Waals surface area contributed by atoms with Crippen LogP contribution in [0.4, 0.5) is 17.1 Å². The lowest BCUT2D eigenvalue weighted by molar-refractivity contribution is 1.13. The van der Waals surface area contributed by atoms with Crippen LogP contribution in [0.3, 0.4) is 0 Å². The van der Waals surface area contributed by atoms with Crippen LogP contribution < -0.4 is 4.90 Å². The van der Waals surface area contributed by atoms with Crippen LogP contribution in [0.5, 0.6) is 0 Å². The van der Waals surface area contributed by atoms with Crippen molar-refractivity contribution in [1.29, 1.82) is 0 Å². The van der Waals surface area contributed by atoms with Gasteiger partial charge >= 0.3 is 0 Å². The molecule has 0 aliphatic heterocycles. The van der Waals surface area contributed by atoms with E-state index in [-0.39, 0.29) is 0 Å². The summed E-state index contributed by atoms with van der Waals surface area (Å²) in [6, 6.07) is 16.0. The fourth-order valence-electron chi connectivity index (χ4n) is 1.78. The molecule has 0 unspecified atom stereocenters. The third-order valence-corrected chi connectivity index (χ3v) is 2.90. The molecule has 2 aromatic carbocycles. The van der Waals surface area contributed by atoms with Gasteiger partial charge in [-0.2, -0.15) is 10.2 Å². The van der Waals surface area contributed by atoms with Gasteiger partial charge in [0, 0.05) is 19.8 Å². The Hall–Kier alpha value is -2.42. The predicted molar refractivity (Wildman–Crippen MR) is 86.1 cm³/mol. The molecule has 0 radical (unpaired) electrons. The number of hydrogen-bond donors (Lipinski definition) is 0. The second kappa shape index (κ2) is 6.66. The second-order valence-corrected chi connectivity index (χ2v) is 4.70. The van der Waals surface area contributed by atoms with Crippen LogP contribution in [-0.2, 0) is 0 Å². The highest BCUT2D eigenvalue weighted by Gasteiger charge is 1.95. The van der Waals surface area contributed by atoms with Crippen LogP contribution in [0.25, 0.3) is 6.08 Å². The van der Waals surface area contributed by atoms with Gasteiger partial charge in [-0.1, -0.05) is 24.3 Å². The van der Waals surface area contributed by atoms with E-state index >= 15 is 0 Å². The van der Waals surface area contributed by atoms with Crippen molar-refractivity contribution in [2.45, 2.75) is 6.92 Å². The molecule has 0 aliphatic rings. The summed E-state index contributed by atoms with van der Waals surface area (Å²) in [4.78, 5) is 2.06. The minimum atomic E-state index is 0.855. The van der Waals surface area contributed by atoms with E-state index in [0.29, 0.717) is 0 Å². The molecule has 0 N–H and O–H groups in total. The third kappa shape index (κ3) is 3.79. The molecule has 0 saturated carbocycles. The summed E-state index contributed by atoms with van der Waals surface area (Å²) in [6.07, 6.45) is 4.07. The number of anilines is 1. The van der Waals surface area contributed by atoms with E-state index in [1.54, 1.807) is 0 Å². The van der Waals surface area contributed by atoms with Crippen molar-refractivity contribution >= 4 is 23.1 Å². The average Bonchev–Trinajstić information content (AvgIpc) is 2.47. The second-order valence-electron chi connectivity index (χ2n) is 4.70. The lowest BCUT2D eigenvalue weighted by atomic mass is 10.2. The van der Waals surface area contributed by atoms with Crippen LogP contribution in [-0.4, -0.2) is 14.1 Å². The Balaban J connectivity index is 2.08. The summed E-state index contributed by atoms with van der Waals surface area (Å²) in [7, 11) is 4.03. The molecule has 0 aromatic heterocycles. The van der Waals surface area contributed by atoms with Crippen molar-refractivity contribution in [3.8, 4) is 0 Å². The van der Waals surface area contributed by atoms with Gasteiger partial charge in [-0.15, -0.1) is 0 Å². The molecule has 20 heavy (non-hydrogen) atoms. The highest BCUT2D eigenvalue weighted by atomic mass is 15.1. The Bertz CT molecular complexity index is 593. The molecule has 0 saturated heterocycles. The SMILES string of the molecule is CC=Cc1ccc(N=Nc2ccc(N(C)C)cc2)cc1. The summed E-state index contributed by atoms with van der Waals surface area (Å²) >= 11 is 0. The van der Waals surface area contributed by atoms with E-state index in [1.807, 2.05) is 75.6 Å². The smallest absolute Gasteiger partial charge is 0.0858 e. The normalized spacial score (nSPS) is 11.3. The molecule has 102 valence electrons. The molecule has 0 atom stereocenters. The molecule has 3 nitrogen and oxygen atoms in total. The van der Waals surface area contributed by atoms with Crippen LogP contribution >= 0.6 is 0 Å². The molecule has 0 aliphatic carbocycles. The number of azo groups is 1. The molecular weight excluding hydrogens is 246 g/mol. The van der Waals surface area contributed by atoms with Crippen LogP contribution in [0, 0.1) is 0 Å². The van der Waals surface area contributed by atoms with Gasteiger partial charge in [0.2, 0.25) is 0 Å². The largest absolute Gasteiger partial charge is 0.378 e. The lowest BCUT2D eigenvalue weighted by Gasteiger charge is -2.11. The average molecular weight is 265 g/mol. The van der Waals surface area contributed by atoms with E-state index in [4.69, 9.17) is 0 Å². The highest BCUT2D eigenvalue weighted by molar-refractivity contribution is 5.54. The van der Waals surface area contributed by atoms with Gasteiger partial charge < -0.3 is 4.90 Å². The Morgan fingerprint density at radius 3 is 1.75 bits per heavy atom. The maximum absolute atomic E-state index is 4.24. The van der Waals surface area contributed by atoms with Crippen molar-refractivity contribution in [3.05, 3.63) is 60.2 Å². The summed E-state index contributed by atoms with van der Waals surface area (Å²) in [5.41, 5.74) is 4.03. The molecule has 3 heteroatoms. The monoisotopic (exact) mass is 265 g/mol. The maximum Gasteiger partial charge on any atom is 0.0858 e. The fraction of sp³-hybridized carbons (Fsp3) is 0.176. The Morgan fingerprint density at radius 1 is 0.800 bits per heavy atom.